The van der Waals surface area contributed by atoms with Crippen molar-refractivity contribution in [2.75, 3.05) is 26.2 Å². The van der Waals surface area contributed by atoms with Gasteiger partial charge in [0.1, 0.15) is 0 Å². The highest BCUT2D eigenvalue weighted by Crippen LogP contribution is 2.18. The lowest BCUT2D eigenvalue weighted by Crippen LogP contribution is -2.51. The van der Waals surface area contributed by atoms with Crippen LogP contribution in [0, 0.1) is 0 Å². The van der Waals surface area contributed by atoms with E-state index < -0.39 is 17.9 Å². The molecule has 0 aromatic heterocycles. The Balaban J connectivity index is 4.13. The summed E-state index contributed by atoms with van der Waals surface area (Å²) in [5.74, 6) is -2.76. The van der Waals surface area contributed by atoms with Gasteiger partial charge in [0.05, 0.1) is 39.0 Å². The Hall–Kier alpha value is -1.89. The Morgan fingerprint density at radius 2 is 0.854 bits per heavy atom. The lowest BCUT2D eigenvalue weighted by Gasteiger charge is -2.39. The number of carboxylic acid groups (broad SMARTS) is 3. The van der Waals surface area contributed by atoms with Crippen LogP contribution in [-0.4, -0.2) is 58.8 Å². The molecule has 0 saturated heterocycles. The second-order valence-corrected chi connectivity index (χ2v) is 12.1. The Morgan fingerprint density at radius 1 is 0.512 bits per heavy atom. The van der Waals surface area contributed by atoms with Crippen molar-refractivity contribution in [2.24, 2.45) is 0 Å². The Labute approximate surface area is 251 Å². The number of carbonyl (C=O) groups excluding carboxylic acids is 1. The van der Waals surface area contributed by atoms with Crippen LogP contribution in [0.15, 0.2) is 12.2 Å². The smallest absolute Gasteiger partial charge is 0.303 e. The summed E-state index contributed by atoms with van der Waals surface area (Å²) in [5.41, 5.74) is 0. The maximum absolute atomic E-state index is 11.1. The van der Waals surface area contributed by atoms with Gasteiger partial charge in [-0.15, -0.1) is 0 Å². The standard InChI is InChI=1S/C34H63NO6/c1-2-3-4-5-6-7-8-9-10-11-12-13-14-15-16-17-18-19-20-21-28-35(29-22-25-32(36)37,30-23-26-33(38)39)31-24-27-34(40)41/h17-18H,2-16,19-31H2,1H3,(H2-,36,37,38,39,40,41)/b18-17+. The minimum absolute atomic E-state index is 0.0279. The largest absolute Gasteiger partial charge is 0.550 e. The number of allylic oxidation sites excluding steroid dienone is 2. The first-order chi connectivity index (χ1) is 19.8. The third-order valence-electron chi connectivity index (χ3n) is 8.20. The molecule has 240 valence electrons. The molecule has 0 bridgehead atoms. The molecular formula is C34H63NO6. The zero-order valence-corrected chi connectivity index (χ0v) is 26.4. The molecule has 0 atom stereocenters. The highest BCUT2D eigenvalue weighted by atomic mass is 16.4. The topological polar surface area (TPSA) is 115 Å². The van der Waals surface area contributed by atoms with E-state index in [-0.39, 0.29) is 19.3 Å². The van der Waals surface area contributed by atoms with Crippen LogP contribution >= 0.6 is 0 Å². The van der Waals surface area contributed by atoms with Crippen molar-refractivity contribution in [3.05, 3.63) is 12.2 Å². The van der Waals surface area contributed by atoms with Crippen molar-refractivity contribution in [2.45, 2.75) is 161 Å². The van der Waals surface area contributed by atoms with Crippen LogP contribution in [0.3, 0.4) is 0 Å². The van der Waals surface area contributed by atoms with Gasteiger partial charge in [-0.1, -0.05) is 103 Å². The quantitative estimate of drug-likeness (QED) is 0.0479. The van der Waals surface area contributed by atoms with Crippen molar-refractivity contribution < 1.29 is 34.2 Å². The molecule has 0 fully saturated rings. The Morgan fingerprint density at radius 3 is 1.24 bits per heavy atom. The zero-order valence-electron chi connectivity index (χ0n) is 26.4. The van der Waals surface area contributed by atoms with E-state index in [1.165, 1.54) is 89.9 Å². The van der Waals surface area contributed by atoms with Gasteiger partial charge in [0.15, 0.2) is 0 Å². The third kappa shape index (κ3) is 28.0. The lowest BCUT2D eigenvalue weighted by atomic mass is 10.0. The first kappa shape index (κ1) is 39.1. The molecular weight excluding hydrogens is 518 g/mol. The SMILES string of the molecule is CCCCCCCCCCCCCCCC/C=C/CCCC[N+](CCCC(=O)[O-])(CCCC(=O)O)CCCC(=O)O. The minimum atomic E-state index is -1.08. The van der Waals surface area contributed by atoms with Crippen LogP contribution in [0.1, 0.15) is 161 Å². The Kier molecular flexibility index (Phi) is 26.9. The normalized spacial score (nSPS) is 11.8. The molecule has 0 aromatic rings. The molecule has 0 aliphatic heterocycles. The van der Waals surface area contributed by atoms with Crippen molar-refractivity contribution in [3.63, 3.8) is 0 Å². The molecule has 0 spiro atoms. The summed E-state index contributed by atoms with van der Waals surface area (Å²) >= 11 is 0. The molecule has 7 heteroatoms. The average Bonchev–Trinajstić information content (AvgIpc) is 2.91. The summed E-state index contributed by atoms with van der Waals surface area (Å²) in [5, 5.41) is 29.1. The van der Waals surface area contributed by atoms with E-state index in [1.807, 2.05) is 0 Å². The van der Waals surface area contributed by atoms with E-state index in [4.69, 9.17) is 10.2 Å². The van der Waals surface area contributed by atoms with Crippen LogP contribution in [0.2, 0.25) is 0 Å². The fourth-order valence-electron chi connectivity index (χ4n) is 5.76. The first-order valence-electron chi connectivity index (χ1n) is 16.9. The van der Waals surface area contributed by atoms with Crippen LogP contribution < -0.4 is 5.11 Å². The molecule has 0 radical (unpaired) electrons. The van der Waals surface area contributed by atoms with E-state index in [0.29, 0.717) is 43.4 Å². The number of unbranched alkanes of at least 4 members (excludes halogenated alkanes) is 16. The fourth-order valence-corrected chi connectivity index (χ4v) is 5.76. The lowest BCUT2D eigenvalue weighted by molar-refractivity contribution is -0.929. The summed E-state index contributed by atoms with van der Waals surface area (Å²) in [6.07, 6.45) is 29.5. The number of nitrogens with zero attached hydrogens (tertiary/aromatic N) is 1. The van der Waals surface area contributed by atoms with E-state index >= 15 is 0 Å². The monoisotopic (exact) mass is 581 g/mol. The Bertz CT molecular complexity index is 628. The predicted octanol–water partition coefficient (Wildman–Crippen LogP) is 7.66. The van der Waals surface area contributed by atoms with Crippen molar-refractivity contribution >= 4 is 17.9 Å². The summed E-state index contributed by atoms with van der Waals surface area (Å²) < 4.78 is 0.594. The minimum Gasteiger partial charge on any atom is -0.550 e. The molecule has 0 aromatic carbocycles. The van der Waals surface area contributed by atoms with Gasteiger partial charge in [-0.3, -0.25) is 9.59 Å². The molecule has 2 N–H and O–H groups in total. The number of aliphatic carboxylic acids is 3. The number of carboxylic acids is 3. The second kappa shape index (κ2) is 28.2. The third-order valence-corrected chi connectivity index (χ3v) is 8.20. The van der Waals surface area contributed by atoms with Gasteiger partial charge in [-0.05, 0) is 38.5 Å². The summed E-state index contributed by atoms with van der Waals surface area (Å²) in [4.78, 5) is 33.1. The van der Waals surface area contributed by atoms with Gasteiger partial charge in [0.2, 0.25) is 0 Å². The van der Waals surface area contributed by atoms with Crippen LogP contribution in [0.25, 0.3) is 0 Å². The predicted molar refractivity (Wildman–Crippen MR) is 166 cm³/mol. The highest BCUT2D eigenvalue weighted by molar-refractivity contribution is 5.66. The van der Waals surface area contributed by atoms with Crippen LogP contribution in [0.4, 0.5) is 0 Å². The molecule has 0 amide bonds. The van der Waals surface area contributed by atoms with Gasteiger partial charge in [0, 0.05) is 25.2 Å². The highest BCUT2D eigenvalue weighted by Gasteiger charge is 2.26. The number of rotatable bonds is 32. The van der Waals surface area contributed by atoms with E-state index in [1.54, 1.807) is 0 Å². The molecule has 0 aliphatic carbocycles. The van der Waals surface area contributed by atoms with Gasteiger partial charge in [-0.2, -0.15) is 0 Å². The number of carbonyl (C=O) groups is 3. The molecule has 7 nitrogen and oxygen atoms in total. The molecule has 41 heavy (non-hydrogen) atoms. The molecule has 0 heterocycles. The van der Waals surface area contributed by atoms with Gasteiger partial charge >= 0.3 is 11.9 Å². The van der Waals surface area contributed by atoms with Gasteiger partial charge < -0.3 is 24.6 Å². The summed E-state index contributed by atoms with van der Waals surface area (Å²) in [6.45, 7) is 4.97. The maximum atomic E-state index is 11.1. The summed E-state index contributed by atoms with van der Waals surface area (Å²) in [7, 11) is 0. The van der Waals surface area contributed by atoms with Gasteiger partial charge in [-0.25, -0.2) is 0 Å². The fraction of sp³-hybridized carbons (Fsp3) is 0.853. The molecule has 0 aliphatic rings. The van der Waals surface area contributed by atoms with Crippen LogP contribution in [0.5, 0.6) is 0 Å². The van der Waals surface area contributed by atoms with E-state index in [0.717, 1.165) is 32.2 Å². The zero-order chi connectivity index (χ0) is 30.4. The first-order valence-corrected chi connectivity index (χ1v) is 16.9. The number of hydrogen-bond acceptors (Lipinski definition) is 4. The van der Waals surface area contributed by atoms with Crippen molar-refractivity contribution in [1.29, 1.82) is 0 Å². The average molecular weight is 582 g/mol. The molecule has 0 unspecified atom stereocenters. The van der Waals surface area contributed by atoms with E-state index in [9.17, 15) is 19.5 Å². The molecule has 0 saturated carbocycles. The van der Waals surface area contributed by atoms with Crippen molar-refractivity contribution in [3.8, 4) is 0 Å². The van der Waals surface area contributed by atoms with E-state index in [2.05, 4.69) is 19.1 Å². The number of quaternary nitrogens is 1. The number of hydrogen-bond donors (Lipinski definition) is 2. The molecule has 0 rings (SSSR count). The van der Waals surface area contributed by atoms with Crippen molar-refractivity contribution in [1.82, 2.24) is 0 Å². The van der Waals surface area contributed by atoms with Gasteiger partial charge in [0.25, 0.3) is 0 Å². The van der Waals surface area contributed by atoms with Crippen LogP contribution in [-0.2, 0) is 14.4 Å². The summed E-state index contributed by atoms with van der Waals surface area (Å²) in [6, 6.07) is 0. The second-order valence-electron chi connectivity index (χ2n) is 12.1. The maximum Gasteiger partial charge on any atom is 0.303 e.